The summed E-state index contributed by atoms with van der Waals surface area (Å²) in [6.07, 6.45) is 0. The van der Waals surface area contributed by atoms with Crippen LogP contribution in [0.5, 0.6) is 11.6 Å². The predicted molar refractivity (Wildman–Crippen MR) is 70.8 cm³/mol. The molecule has 0 atom stereocenters. The Morgan fingerprint density at radius 3 is 2.67 bits per heavy atom. The zero-order valence-electron chi connectivity index (χ0n) is 8.83. The maximum atomic E-state index is 13.3. The summed E-state index contributed by atoms with van der Waals surface area (Å²) in [6.45, 7) is 0. The summed E-state index contributed by atoms with van der Waals surface area (Å²) in [5.74, 6) is 0.211. The smallest absolute Gasteiger partial charge is 0.238 e. The van der Waals surface area contributed by atoms with Crippen LogP contribution in [0.4, 0.5) is 4.39 Å². The van der Waals surface area contributed by atoms with Crippen molar-refractivity contribution in [2.24, 2.45) is 0 Å². The highest BCUT2D eigenvalue weighted by molar-refractivity contribution is 9.10. The van der Waals surface area contributed by atoms with Gasteiger partial charge in [0.05, 0.1) is 21.1 Å². The van der Waals surface area contributed by atoms with Gasteiger partial charge in [-0.05, 0) is 28.1 Å². The number of benzene rings is 1. The summed E-state index contributed by atoms with van der Waals surface area (Å²) in [5, 5.41) is 7.64. The lowest BCUT2D eigenvalue weighted by atomic mass is 10.3. The maximum Gasteiger partial charge on any atom is 0.238 e. The molecule has 94 valence electrons. The van der Waals surface area contributed by atoms with Crippen molar-refractivity contribution in [3.05, 3.63) is 45.3 Å². The fraction of sp³-hybridized carbons (Fsp3) is 0.0909. The number of ether oxygens (including phenoxy) is 1. The van der Waals surface area contributed by atoms with Crippen molar-refractivity contribution in [3.63, 3.8) is 0 Å². The van der Waals surface area contributed by atoms with Crippen LogP contribution in [0.25, 0.3) is 0 Å². The van der Waals surface area contributed by atoms with Gasteiger partial charge in [-0.25, -0.2) is 4.39 Å². The van der Waals surface area contributed by atoms with E-state index in [1.165, 1.54) is 12.1 Å². The summed E-state index contributed by atoms with van der Waals surface area (Å²) in [4.78, 5) is 0. The first-order valence-corrected chi connectivity index (χ1v) is 6.51. The molecule has 0 aliphatic rings. The first-order chi connectivity index (χ1) is 8.60. The van der Waals surface area contributed by atoms with Crippen molar-refractivity contribution in [3.8, 4) is 11.6 Å². The number of rotatable bonds is 3. The highest BCUT2D eigenvalue weighted by Crippen LogP contribution is 2.32. The van der Waals surface area contributed by atoms with Crippen LogP contribution < -0.4 is 4.74 Å². The van der Waals surface area contributed by atoms with Crippen molar-refractivity contribution in [1.82, 2.24) is 10.2 Å². The monoisotopic (exact) mass is 350 g/mol. The number of alkyl halides is 1. The van der Waals surface area contributed by atoms with Crippen molar-refractivity contribution >= 4 is 39.1 Å². The van der Waals surface area contributed by atoms with E-state index in [4.69, 9.17) is 27.9 Å². The van der Waals surface area contributed by atoms with Gasteiger partial charge in [0.25, 0.3) is 0 Å². The minimum Gasteiger partial charge on any atom is -0.436 e. The first-order valence-electron chi connectivity index (χ1n) is 4.81. The highest BCUT2D eigenvalue weighted by Gasteiger charge is 2.09. The van der Waals surface area contributed by atoms with E-state index in [2.05, 4.69) is 26.1 Å². The predicted octanol–water partition coefficient (Wildman–Crippen LogP) is 4.56. The number of nitrogens with zero attached hydrogens (tertiary/aromatic N) is 2. The first kappa shape index (κ1) is 13.5. The third kappa shape index (κ3) is 3.10. The molecule has 0 N–H and O–H groups in total. The molecule has 2 aromatic rings. The number of hydrogen-bond acceptors (Lipinski definition) is 3. The molecule has 0 aliphatic carbocycles. The average Bonchev–Trinajstić information content (AvgIpc) is 2.37. The van der Waals surface area contributed by atoms with E-state index in [0.29, 0.717) is 10.2 Å². The lowest BCUT2D eigenvalue weighted by Crippen LogP contribution is -1.94. The summed E-state index contributed by atoms with van der Waals surface area (Å²) in [5.41, 5.74) is 0.630. The second-order valence-corrected chi connectivity index (χ2v) is 4.82. The molecule has 7 heteroatoms. The molecule has 0 saturated heterocycles. The van der Waals surface area contributed by atoms with E-state index in [1.54, 1.807) is 12.1 Å². The molecule has 18 heavy (non-hydrogen) atoms. The van der Waals surface area contributed by atoms with E-state index in [1.807, 2.05) is 0 Å². The van der Waals surface area contributed by atoms with Gasteiger partial charge in [-0.3, -0.25) is 0 Å². The quantitative estimate of drug-likeness (QED) is 0.600. The van der Waals surface area contributed by atoms with Crippen LogP contribution >= 0.6 is 39.1 Å². The molecule has 3 nitrogen and oxygen atoms in total. The Kier molecular flexibility index (Phi) is 4.37. The molecule has 0 unspecified atom stereocenters. The van der Waals surface area contributed by atoms with Crippen LogP contribution in [-0.2, 0) is 5.88 Å². The van der Waals surface area contributed by atoms with Gasteiger partial charge < -0.3 is 4.74 Å². The van der Waals surface area contributed by atoms with Crippen LogP contribution in [0.2, 0.25) is 5.02 Å². The number of hydrogen-bond donors (Lipinski definition) is 0. The summed E-state index contributed by atoms with van der Waals surface area (Å²) in [7, 11) is 0. The van der Waals surface area contributed by atoms with E-state index in [0.717, 1.165) is 0 Å². The molecule has 0 saturated carbocycles. The molecule has 1 aromatic heterocycles. The minimum atomic E-state index is -0.569. The molecule has 0 amide bonds. The van der Waals surface area contributed by atoms with Crippen molar-refractivity contribution in [2.45, 2.75) is 5.88 Å². The van der Waals surface area contributed by atoms with Gasteiger partial charge in [0.1, 0.15) is 11.6 Å². The second-order valence-electron chi connectivity index (χ2n) is 3.30. The van der Waals surface area contributed by atoms with Crippen molar-refractivity contribution in [2.75, 3.05) is 0 Å². The molecule has 0 radical (unpaired) electrons. The van der Waals surface area contributed by atoms with Gasteiger partial charge in [-0.15, -0.1) is 16.7 Å². The van der Waals surface area contributed by atoms with E-state index in [9.17, 15) is 4.39 Å². The summed E-state index contributed by atoms with van der Waals surface area (Å²) < 4.78 is 19.2. The Balaban J connectivity index is 2.25. The second kappa shape index (κ2) is 5.82. The van der Waals surface area contributed by atoms with Gasteiger partial charge in [-0.1, -0.05) is 11.6 Å². The SMILES string of the molecule is Fc1cc(Oc2ccc(CCl)nn2)c(Br)cc1Cl. The van der Waals surface area contributed by atoms with E-state index in [-0.39, 0.29) is 22.5 Å². The van der Waals surface area contributed by atoms with Crippen LogP contribution in [-0.4, -0.2) is 10.2 Å². The fourth-order valence-electron chi connectivity index (χ4n) is 1.17. The van der Waals surface area contributed by atoms with Crippen LogP contribution in [0.1, 0.15) is 5.69 Å². The van der Waals surface area contributed by atoms with Crippen LogP contribution in [0.3, 0.4) is 0 Å². The Morgan fingerprint density at radius 2 is 2.06 bits per heavy atom. The highest BCUT2D eigenvalue weighted by atomic mass is 79.9. The zero-order valence-corrected chi connectivity index (χ0v) is 11.9. The molecule has 0 fully saturated rings. The lowest BCUT2D eigenvalue weighted by Gasteiger charge is -2.07. The molecule has 1 aromatic carbocycles. The third-order valence-electron chi connectivity index (χ3n) is 2.02. The Hall–Kier alpha value is -0.910. The fourth-order valence-corrected chi connectivity index (χ4v) is 2.03. The Bertz CT molecular complexity index is 566. The average molecular weight is 352 g/mol. The van der Waals surface area contributed by atoms with Crippen molar-refractivity contribution in [1.29, 1.82) is 0 Å². The molecular weight excluding hydrogens is 346 g/mol. The molecule has 0 aliphatic heterocycles. The summed E-state index contributed by atoms with van der Waals surface area (Å²) >= 11 is 14.4. The minimum absolute atomic E-state index is 0.0118. The number of aromatic nitrogens is 2. The van der Waals surface area contributed by atoms with E-state index >= 15 is 0 Å². The molecule has 0 spiro atoms. The van der Waals surface area contributed by atoms with Crippen LogP contribution in [0.15, 0.2) is 28.7 Å². The Morgan fingerprint density at radius 1 is 1.28 bits per heavy atom. The normalized spacial score (nSPS) is 10.4. The van der Waals surface area contributed by atoms with Gasteiger partial charge >= 0.3 is 0 Å². The number of halogens is 4. The zero-order chi connectivity index (χ0) is 13.1. The molecule has 1 heterocycles. The van der Waals surface area contributed by atoms with Crippen molar-refractivity contribution < 1.29 is 9.13 Å². The van der Waals surface area contributed by atoms with E-state index < -0.39 is 5.82 Å². The van der Waals surface area contributed by atoms with Crippen LogP contribution in [0, 0.1) is 5.82 Å². The topological polar surface area (TPSA) is 35.0 Å². The van der Waals surface area contributed by atoms with Gasteiger partial charge in [0.2, 0.25) is 5.88 Å². The molecular formula is C11H6BrCl2FN2O. The Labute approximate surface area is 121 Å². The van der Waals surface area contributed by atoms with Gasteiger partial charge in [0, 0.05) is 12.1 Å². The molecule has 0 bridgehead atoms. The maximum absolute atomic E-state index is 13.3. The third-order valence-corrected chi connectivity index (χ3v) is 3.20. The van der Waals surface area contributed by atoms with Gasteiger partial charge in [-0.2, -0.15) is 5.10 Å². The molecule has 2 rings (SSSR count). The van der Waals surface area contributed by atoms with Gasteiger partial charge in [0.15, 0.2) is 0 Å². The lowest BCUT2D eigenvalue weighted by molar-refractivity contribution is 0.447. The largest absolute Gasteiger partial charge is 0.436 e. The summed E-state index contributed by atoms with van der Waals surface area (Å²) in [6, 6.07) is 5.86. The standard InChI is InChI=1S/C11H6BrCl2FN2O/c12-7-3-8(14)9(15)4-10(7)18-11-2-1-6(5-13)16-17-11/h1-4H,5H2.